The minimum Gasteiger partial charge on any atom is -0.356 e. The first-order chi connectivity index (χ1) is 8.52. The van der Waals surface area contributed by atoms with Crippen LogP contribution in [0.4, 0.5) is 0 Å². The molecule has 104 valence electrons. The lowest BCUT2D eigenvalue weighted by Crippen LogP contribution is -2.37. The fraction of sp³-hybridized carbons (Fsp3) is 0.846. The molecule has 0 aromatic carbocycles. The van der Waals surface area contributed by atoms with Crippen LogP contribution in [0, 0.1) is 5.92 Å². The summed E-state index contributed by atoms with van der Waals surface area (Å²) in [6.45, 7) is 4.37. The molecule has 2 atom stereocenters. The number of carbonyl (C=O) groups excluding carboxylic acids is 2. The Morgan fingerprint density at radius 1 is 1.33 bits per heavy atom. The van der Waals surface area contributed by atoms with Crippen molar-refractivity contribution >= 4 is 11.8 Å². The van der Waals surface area contributed by atoms with E-state index in [9.17, 15) is 9.59 Å². The zero-order valence-corrected chi connectivity index (χ0v) is 11.4. The molecule has 0 aliphatic heterocycles. The SMILES string of the molecule is CCC(C)NC(=O)CCNC(=O)CC(N)C1CC1. The van der Waals surface area contributed by atoms with E-state index in [-0.39, 0.29) is 23.9 Å². The van der Waals surface area contributed by atoms with Crippen molar-refractivity contribution in [3.63, 3.8) is 0 Å². The highest BCUT2D eigenvalue weighted by Crippen LogP contribution is 2.32. The highest BCUT2D eigenvalue weighted by molar-refractivity contribution is 5.79. The molecular weight excluding hydrogens is 230 g/mol. The van der Waals surface area contributed by atoms with Crippen LogP contribution in [0.2, 0.25) is 0 Å². The Bertz CT molecular complexity index is 290. The Balaban J connectivity index is 2.05. The van der Waals surface area contributed by atoms with Gasteiger partial charge in [0.1, 0.15) is 0 Å². The molecule has 18 heavy (non-hydrogen) atoms. The van der Waals surface area contributed by atoms with E-state index in [1.807, 2.05) is 13.8 Å². The molecule has 2 amide bonds. The summed E-state index contributed by atoms with van der Waals surface area (Å²) in [5.74, 6) is 0.464. The van der Waals surface area contributed by atoms with Gasteiger partial charge in [0.05, 0.1) is 0 Å². The van der Waals surface area contributed by atoms with Gasteiger partial charge in [0.25, 0.3) is 0 Å². The van der Waals surface area contributed by atoms with Gasteiger partial charge >= 0.3 is 0 Å². The molecule has 5 nitrogen and oxygen atoms in total. The largest absolute Gasteiger partial charge is 0.356 e. The van der Waals surface area contributed by atoms with Crippen LogP contribution in [-0.2, 0) is 9.59 Å². The summed E-state index contributed by atoms with van der Waals surface area (Å²) in [5, 5.41) is 5.60. The van der Waals surface area contributed by atoms with Gasteiger partial charge in [-0.3, -0.25) is 9.59 Å². The van der Waals surface area contributed by atoms with Crippen LogP contribution in [0.25, 0.3) is 0 Å². The maximum Gasteiger partial charge on any atom is 0.221 e. The Hall–Kier alpha value is -1.10. The summed E-state index contributed by atoms with van der Waals surface area (Å²) in [6, 6.07) is 0.176. The van der Waals surface area contributed by atoms with E-state index in [0.717, 1.165) is 19.3 Å². The van der Waals surface area contributed by atoms with Crippen LogP contribution in [0.1, 0.15) is 46.0 Å². The van der Waals surface area contributed by atoms with Gasteiger partial charge in [-0.1, -0.05) is 6.92 Å². The van der Waals surface area contributed by atoms with Crippen LogP contribution >= 0.6 is 0 Å². The van der Waals surface area contributed by atoms with E-state index < -0.39 is 0 Å². The molecule has 1 aliphatic rings. The third kappa shape index (κ3) is 6.00. The number of nitrogens with two attached hydrogens (primary N) is 1. The zero-order valence-electron chi connectivity index (χ0n) is 11.4. The normalized spacial score (nSPS) is 17.9. The summed E-state index contributed by atoms with van der Waals surface area (Å²) in [4.78, 5) is 23.0. The molecule has 0 spiro atoms. The number of amides is 2. The Morgan fingerprint density at radius 2 is 2.00 bits per heavy atom. The van der Waals surface area contributed by atoms with Gasteiger partial charge < -0.3 is 16.4 Å². The average molecular weight is 255 g/mol. The first-order valence-corrected chi connectivity index (χ1v) is 6.84. The van der Waals surface area contributed by atoms with E-state index in [1.165, 1.54) is 0 Å². The van der Waals surface area contributed by atoms with Gasteiger partial charge in [0.2, 0.25) is 11.8 Å². The number of hydrogen-bond donors (Lipinski definition) is 3. The molecule has 1 rings (SSSR count). The van der Waals surface area contributed by atoms with E-state index in [2.05, 4.69) is 10.6 Å². The number of carbonyl (C=O) groups is 2. The molecule has 5 heteroatoms. The molecule has 1 saturated carbocycles. The van der Waals surface area contributed by atoms with Crippen molar-refractivity contribution in [2.45, 2.75) is 58.0 Å². The predicted octanol–water partition coefficient (Wildman–Crippen LogP) is 0.535. The van der Waals surface area contributed by atoms with Gasteiger partial charge in [-0.25, -0.2) is 0 Å². The molecule has 0 heterocycles. The number of hydrogen-bond acceptors (Lipinski definition) is 3. The van der Waals surface area contributed by atoms with Crippen molar-refractivity contribution in [3.05, 3.63) is 0 Å². The minimum absolute atomic E-state index is 0.0149. The van der Waals surface area contributed by atoms with Gasteiger partial charge in [-0.2, -0.15) is 0 Å². The smallest absolute Gasteiger partial charge is 0.221 e. The quantitative estimate of drug-likeness (QED) is 0.591. The van der Waals surface area contributed by atoms with E-state index in [0.29, 0.717) is 25.3 Å². The summed E-state index contributed by atoms with van der Waals surface area (Å²) in [6.07, 6.45) is 3.90. The van der Waals surface area contributed by atoms with Crippen LogP contribution in [0.15, 0.2) is 0 Å². The lowest BCUT2D eigenvalue weighted by atomic mass is 10.1. The highest BCUT2D eigenvalue weighted by Gasteiger charge is 2.29. The van der Waals surface area contributed by atoms with Crippen molar-refractivity contribution < 1.29 is 9.59 Å². The van der Waals surface area contributed by atoms with Crippen molar-refractivity contribution in [2.24, 2.45) is 11.7 Å². The lowest BCUT2D eigenvalue weighted by Gasteiger charge is -2.12. The molecule has 4 N–H and O–H groups in total. The van der Waals surface area contributed by atoms with Gasteiger partial charge in [0, 0.05) is 31.5 Å². The highest BCUT2D eigenvalue weighted by atomic mass is 16.2. The Morgan fingerprint density at radius 3 is 2.56 bits per heavy atom. The van der Waals surface area contributed by atoms with Crippen molar-refractivity contribution in [1.82, 2.24) is 10.6 Å². The standard InChI is InChI=1S/C13H25N3O2/c1-3-9(2)16-12(17)6-7-15-13(18)8-11(14)10-4-5-10/h9-11H,3-8,14H2,1-2H3,(H,15,18)(H,16,17). The molecule has 0 saturated heterocycles. The third-order valence-electron chi connectivity index (χ3n) is 3.34. The van der Waals surface area contributed by atoms with Gasteiger partial charge in [0.15, 0.2) is 0 Å². The predicted molar refractivity (Wildman–Crippen MR) is 70.8 cm³/mol. The zero-order chi connectivity index (χ0) is 13.5. The van der Waals surface area contributed by atoms with Crippen LogP contribution in [-0.4, -0.2) is 30.4 Å². The van der Waals surface area contributed by atoms with Gasteiger partial charge in [-0.15, -0.1) is 0 Å². The van der Waals surface area contributed by atoms with E-state index in [1.54, 1.807) is 0 Å². The lowest BCUT2D eigenvalue weighted by molar-refractivity contribution is -0.122. The second kappa shape index (κ2) is 7.36. The van der Waals surface area contributed by atoms with Crippen molar-refractivity contribution in [3.8, 4) is 0 Å². The molecule has 0 radical (unpaired) electrons. The van der Waals surface area contributed by atoms with Gasteiger partial charge in [-0.05, 0) is 32.1 Å². The van der Waals surface area contributed by atoms with Crippen molar-refractivity contribution in [2.75, 3.05) is 6.54 Å². The first kappa shape index (κ1) is 15.0. The molecule has 2 unspecified atom stereocenters. The van der Waals surface area contributed by atoms with E-state index >= 15 is 0 Å². The average Bonchev–Trinajstić information content (AvgIpc) is 3.12. The summed E-state index contributed by atoms with van der Waals surface area (Å²) in [7, 11) is 0. The molecule has 0 bridgehead atoms. The second-order valence-corrected chi connectivity index (χ2v) is 5.18. The Kier molecular flexibility index (Phi) is 6.12. The number of rotatable bonds is 8. The van der Waals surface area contributed by atoms with E-state index in [4.69, 9.17) is 5.73 Å². The number of nitrogens with one attached hydrogen (secondary N) is 2. The van der Waals surface area contributed by atoms with Crippen LogP contribution in [0.3, 0.4) is 0 Å². The van der Waals surface area contributed by atoms with Crippen molar-refractivity contribution in [1.29, 1.82) is 0 Å². The molecule has 1 fully saturated rings. The van der Waals surface area contributed by atoms with Crippen LogP contribution in [0.5, 0.6) is 0 Å². The summed E-state index contributed by atoms with van der Waals surface area (Å²) in [5.41, 5.74) is 5.86. The molecule has 0 aromatic rings. The molecule has 0 aromatic heterocycles. The summed E-state index contributed by atoms with van der Waals surface area (Å²) >= 11 is 0. The maximum atomic E-state index is 11.5. The minimum atomic E-state index is -0.0502. The first-order valence-electron chi connectivity index (χ1n) is 6.84. The fourth-order valence-electron chi connectivity index (χ4n) is 1.74. The maximum absolute atomic E-state index is 11.5. The monoisotopic (exact) mass is 255 g/mol. The Labute approximate surface area is 109 Å². The fourth-order valence-corrected chi connectivity index (χ4v) is 1.74. The second-order valence-electron chi connectivity index (χ2n) is 5.18. The third-order valence-corrected chi connectivity index (χ3v) is 3.34. The van der Waals surface area contributed by atoms with Crippen LogP contribution < -0.4 is 16.4 Å². The topological polar surface area (TPSA) is 84.2 Å². The summed E-state index contributed by atoms with van der Waals surface area (Å²) < 4.78 is 0. The molecular formula is C13H25N3O2. The molecule has 1 aliphatic carbocycles.